The molecule has 0 amide bonds. The Labute approximate surface area is 340 Å². The third kappa shape index (κ3) is 9.71. The fourth-order valence-electron chi connectivity index (χ4n) is 7.23. The molecule has 1 atom stereocenters. The number of hydrogen-bond acceptors (Lipinski definition) is 6. The Morgan fingerprint density at radius 3 is 1.55 bits per heavy atom. The van der Waals surface area contributed by atoms with Crippen molar-refractivity contribution < 1.29 is 19.4 Å². The van der Waals surface area contributed by atoms with Gasteiger partial charge in [0, 0.05) is 18.4 Å². The van der Waals surface area contributed by atoms with Gasteiger partial charge < -0.3 is 24.5 Å². The molecule has 0 saturated carbocycles. The summed E-state index contributed by atoms with van der Waals surface area (Å²) in [5, 5.41) is 10.1. The van der Waals surface area contributed by atoms with Crippen LogP contribution in [-0.2, 0) is 25.7 Å². The molecule has 8 aromatic rings. The quantitative estimate of drug-likeness (QED) is 0.0949. The van der Waals surface area contributed by atoms with E-state index in [2.05, 4.69) is 52.4 Å². The molecule has 0 spiro atoms. The Morgan fingerprint density at radius 1 is 0.603 bits per heavy atom. The Morgan fingerprint density at radius 2 is 1.07 bits per heavy atom. The number of aromatic nitrogens is 4. The molecular weight excluding hydrogens is 721 g/mol. The highest BCUT2D eigenvalue weighted by molar-refractivity contribution is 6.01. The Bertz CT molecular complexity index is 2600. The van der Waals surface area contributed by atoms with Gasteiger partial charge in [-0.2, -0.15) is 0 Å². The van der Waals surface area contributed by atoms with Gasteiger partial charge in [-0.15, -0.1) is 0 Å². The number of aliphatic hydroxyl groups is 1. The smallest absolute Gasteiger partial charge is 0.160 e. The third-order valence-corrected chi connectivity index (χ3v) is 10.2. The molecular formula is C50H50N4O4. The molecule has 294 valence electrons. The molecule has 0 aliphatic rings. The van der Waals surface area contributed by atoms with Crippen molar-refractivity contribution in [2.45, 2.75) is 59.5 Å². The highest BCUT2D eigenvalue weighted by Crippen LogP contribution is 2.31. The van der Waals surface area contributed by atoms with Gasteiger partial charge in [0.1, 0.15) is 23.1 Å². The van der Waals surface area contributed by atoms with Gasteiger partial charge in [-0.25, -0.2) is 9.97 Å². The van der Waals surface area contributed by atoms with Crippen molar-refractivity contribution in [3.63, 3.8) is 0 Å². The van der Waals surface area contributed by atoms with Crippen molar-refractivity contribution in [3.8, 4) is 33.8 Å². The summed E-state index contributed by atoms with van der Waals surface area (Å²) >= 11 is 0. The lowest BCUT2D eigenvalue weighted by atomic mass is 9.96. The number of aryl methyl sites for hydroxylation is 4. The molecule has 8 nitrogen and oxygen atoms in total. The molecule has 0 radical (unpaired) electrons. The second-order valence-electron chi connectivity index (χ2n) is 14.3. The number of ether oxygens (including phenoxy) is 2. The number of imidazole rings is 2. The monoisotopic (exact) mass is 770 g/mol. The maximum atomic E-state index is 12.0. The number of aliphatic hydroxyl groups excluding tert-OH is 1. The van der Waals surface area contributed by atoms with Crippen LogP contribution in [0.1, 0.15) is 72.5 Å². The molecule has 2 aromatic heterocycles. The van der Waals surface area contributed by atoms with Gasteiger partial charge >= 0.3 is 0 Å². The van der Waals surface area contributed by atoms with Crippen LogP contribution in [0.25, 0.3) is 44.3 Å². The van der Waals surface area contributed by atoms with Crippen molar-refractivity contribution in [2.24, 2.45) is 0 Å². The molecule has 3 N–H and O–H groups in total. The van der Waals surface area contributed by atoms with E-state index in [-0.39, 0.29) is 5.78 Å². The lowest BCUT2D eigenvalue weighted by molar-refractivity contribution is 0.101. The summed E-state index contributed by atoms with van der Waals surface area (Å²) < 4.78 is 11.0. The number of Topliss-reactive ketones (excluding diaryl/α,β-unsaturated/α-hetero) is 1. The number of nitrogens with zero attached hydrogens (tertiary/aromatic N) is 2. The van der Waals surface area contributed by atoms with Gasteiger partial charge in [0.2, 0.25) is 0 Å². The SMILES string of the molecule is CCOc1ccc(CCc2nc3ccc(-c4ccccc4C(C)=O)cc3[nH]2)cc1.CCOc1ccc(CCc2nc3ccc(-c4ccccc4C(C)O)cc3[nH]2)cc1. The molecule has 6 aromatic carbocycles. The van der Waals surface area contributed by atoms with E-state index in [9.17, 15) is 9.90 Å². The lowest BCUT2D eigenvalue weighted by Gasteiger charge is -2.11. The molecule has 1 unspecified atom stereocenters. The fourth-order valence-corrected chi connectivity index (χ4v) is 7.23. The Hall–Kier alpha value is -6.51. The van der Waals surface area contributed by atoms with Gasteiger partial charge in [-0.05, 0) is 128 Å². The molecule has 2 heterocycles. The summed E-state index contributed by atoms with van der Waals surface area (Å²) in [6, 6.07) is 44.5. The van der Waals surface area contributed by atoms with Gasteiger partial charge in [0.25, 0.3) is 0 Å². The minimum absolute atomic E-state index is 0.0707. The minimum atomic E-state index is -0.506. The highest BCUT2D eigenvalue weighted by atomic mass is 16.5. The minimum Gasteiger partial charge on any atom is -0.494 e. The molecule has 8 rings (SSSR count). The summed E-state index contributed by atoms with van der Waals surface area (Å²) in [5.74, 6) is 3.82. The zero-order valence-corrected chi connectivity index (χ0v) is 33.6. The van der Waals surface area contributed by atoms with Crippen LogP contribution in [0.15, 0.2) is 133 Å². The molecule has 0 saturated heterocycles. The number of hydrogen-bond donors (Lipinski definition) is 3. The van der Waals surface area contributed by atoms with Crippen molar-refractivity contribution in [1.82, 2.24) is 19.9 Å². The molecule has 8 heteroatoms. The Kier molecular flexibility index (Phi) is 12.8. The van der Waals surface area contributed by atoms with Crippen molar-refractivity contribution in [2.75, 3.05) is 13.2 Å². The van der Waals surface area contributed by atoms with Crippen LogP contribution in [0.4, 0.5) is 0 Å². The molecule has 58 heavy (non-hydrogen) atoms. The van der Waals surface area contributed by atoms with Crippen LogP contribution in [-0.4, -0.2) is 44.0 Å². The number of H-pyrrole nitrogens is 2. The first-order valence-corrected chi connectivity index (χ1v) is 20.1. The van der Waals surface area contributed by atoms with Crippen LogP contribution in [0.3, 0.4) is 0 Å². The van der Waals surface area contributed by atoms with Gasteiger partial charge in [-0.3, -0.25) is 4.79 Å². The summed E-state index contributed by atoms with van der Waals surface area (Å²) in [6.07, 6.45) is 3.01. The summed E-state index contributed by atoms with van der Waals surface area (Å²) in [5.41, 5.74) is 12.2. The first-order valence-electron chi connectivity index (χ1n) is 20.1. The van der Waals surface area contributed by atoms with Crippen LogP contribution < -0.4 is 9.47 Å². The van der Waals surface area contributed by atoms with Gasteiger partial charge in [0.15, 0.2) is 5.78 Å². The second-order valence-corrected chi connectivity index (χ2v) is 14.3. The predicted octanol–water partition coefficient (Wildman–Crippen LogP) is 11.1. The van der Waals surface area contributed by atoms with E-state index in [4.69, 9.17) is 19.4 Å². The predicted molar refractivity (Wildman–Crippen MR) is 234 cm³/mol. The van der Waals surface area contributed by atoms with E-state index < -0.39 is 6.10 Å². The van der Waals surface area contributed by atoms with Gasteiger partial charge in [0.05, 0.1) is 41.4 Å². The summed E-state index contributed by atoms with van der Waals surface area (Å²) in [6.45, 7) is 8.74. The first-order chi connectivity index (χ1) is 28.3. The third-order valence-electron chi connectivity index (χ3n) is 10.2. The largest absolute Gasteiger partial charge is 0.494 e. The van der Waals surface area contributed by atoms with Crippen LogP contribution in [0, 0.1) is 0 Å². The second kappa shape index (κ2) is 18.6. The zero-order chi connectivity index (χ0) is 40.4. The van der Waals surface area contributed by atoms with Crippen molar-refractivity contribution in [3.05, 3.63) is 167 Å². The highest BCUT2D eigenvalue weighted by Gasteiger charge is 2.13. The van der Waals surface area contributed by atoms with Crippen molar-refractivity contribution >= 4 is 27.9 Å². The van der Waals surface area contributed by atoms with Crippen LogP contribution >= 0.6 is 0 Å². The number of nitrogens with one attached hydrogen (secondary N) is 2. The molecule has 0 bridgehead atoms. The first kappa shape index (κ1) is 39.7. The van der Waals surface area contributed by atoms with Crippen LogP contribution in [0.5, 0.6) is 11.5 Å². The summed E-state index contributed by atoms with van der Waals surface area (Å²) in [4.78, 5) is 28.3. The van der Waals surface area contributed by atoms with E-state index in [0.29, 0.717) is 13.2 Å². The standard InChI is InChI=1S/C25H26N2O2.C25H24N2O2/c2*1-3-29-20-12-8-18(9-13-20)10-15-25-26-23-14-11-19(16-24(23)27-25)22-7-5-4-6-21(22)17(2)28/h4-9,11-14,16-17,28H,3,10,15H2,1-2H3,(H,26,27);4-9,11-14,16H,3,10,15H2,1-2H3,(H,26,27). The normalized spacial score (nSPS) is 11.6. The van der Waals surface area contributed by atoms with E-state index in [1.807, 2.05) is 105 Å². The maximum Gasteiger partial charge on any atom is 0.160 e. The van der Waals surface area contributed by atoms with E-state index in [1.165, 1.54) is 11.1 Å². The lowest BCUT2D eigenvalue weighted by Crippen LogP contribution is -1.95. The van der Waals surface area contributed by atoms with E-state index in [1.54, 1.807) is 13.8 Å². The molecule has 0 aliphatic carbocycles. The number of aromatic amines is 2. The number of rotatable bonds is 14. The number of carbonyl (C=O) groups is 1. The van der Waals surface area contributed by atoms with Crippen LogP contribution in [0.2, 0.25) is 0 Å². The number of carbonyl (C=O) groups excluding carboxylic acids is 1. The topological polar surface area (TPSA) is 113 Å². The number of ketones is 1. The Balaban J connectivity index is 0.000000177. The number of fused-ring (bicyclic) bond motifs is 2. The number of benzene rings is 6. The molecule has 0 fully saturated rings. The van der Waals surface area contributed by atoms with E-state index >= 15 is 0 Å². The maximum absolute atomic E-state index is 12.0. The fraction of sp³-hybridized carbons (Fsp3) is 0.220. The van der Waals surface area contributed by atoms with E-state index in [0.717, 1.165) is 104 Å². The average Bonchev–Trinajstić information content (AvgIpc) is 3.86. The van der Waals surface area contributed by atoms with Gasteiger partial charge in [-0.1, -0.05) is 84.9 Å². The van der Waals surface area contributed by atoms with Crippen molar-refractivity contribution in [1.29, 1.82) is 0 Å². The summed E-state index contributed by atoms with van der Waals surface area (Å²) in [7, 11) is 0. The zero-order valence-electron chi connectivity index (χ0n) is 33.6. The average molecular weight is 771 g/mol. The molecule has 0 aliphatic heterocycles.